The molecule has 2 N–H and O–H groups in total. The molecule has 35 heavy (non-hydrogen) atoms. The predicted molar refractivity (Wildman–Crippen MR) is 125 cm³/mol. The molecule has 0 bridgehead atoms. The van der Waals surface area contributed by atoms with Crippen molar-refractivity contribution < 1.29 is 33.7 Å². The minimum absolute atomic E-state index is 0.00699. The fraction of sp³-hybridized carbons (Fsp3) is 0.739. The van der Waals surface area contributed by atoms with Crippen LogP contribution >= 0.6 is 0 Å². The van der Waals surface area contributed by atoms with Gasteiger partial charge < -0.3 is 34.4 Å². The molecule has 2 fully saturated rings. The number of amides is 2. The van der Waals surface area contributed by atoms with Crippen molar-refractivity contribution in [2.24, 2.45) is 5.92 Å². The first-order valence-electron chi connectivity index (χ1n) is 12.2. The minimum atomic E-state index is -0.948. The predicted octanol–water partition coefficient (Wildman–Crippen LogP) is -0.137. The zero-order valence-electron chi connectivity index (χ0n) is 20.4. The van der Waals surface area contributed by atoms with Gasteiger partial charge in [-0.15, -0.1) is 0 Å². The first kappa shape index (κ1) is 27.1. The molecule has 1 unspecified atom stereocenters. The average molecular weight is 496 g/mol. The lowest BCUT2D eigenvalue weighted by molar-refractivity contribution is -0.128. The van der Waals surface area contributed by atoms with E-state index in [-0.39, 0.29) is 35.8 Å². The number of piperidine rings is 1. The highest BCUT2D eigenvalue weighted by Gasteiger charge is 2.31. The Morgan fingerprint density at radius 2 is 1.74 bits per heavy atom. The molecule has 1 aromatic rings. The van der Waals surface area contributed by atoms with Crippen molar-refractivity contribution in [1.82, 2.24) is 24.9 Å². The van der Waals surface area contributed by atoms with E-state index >= 15 is 0 Å². The summed E-state index contributed by atoms with van der Waals surface area (Å²) < 4.78 is 18.4. The summed E-state index contributed by atoms with van der Waals surface area (Å²) in [6.45, 7) is 6.57. The van der Waals surface area contributed by atoms with Crippen LogP contribution in [0.25, 0.3) is 0 Å². The number of ether oxygens (including phenoxy) is 3. The monoisotopic (exact) mass is 495 g/mol. The van der Waals surface area contributed by atoms with Gasteiger partial charge in [-0.1, -0.05) is 0 Å². The number of carboxylic acids is 1. The second-order valence-electron chi connectivity index (χ2n) is 8.89. The molecule has 0 saturated carbocycles. The van der Waals surface area contributed by atoms with Crippen molar-refractivity contribution >= 4 is 17.8 Å². The highest BCUT2D eigenvalue weighted by atomic mass is 16.5. The number of aromatic carboxylic acids is 1. The van der Waals surface area contributed by atoms with Gasteiger partial charge in [0.2, 0.25) is 11.8 Å². The van der Waals surface area contributed by atoms with Crippen LogP contribution in [0.2, 0.25) is 0 Å². The van der Waals surface area contributed by atoms with Gasteiger partial charge in [0, 0.05) is 52.4 Å². The molecule has 2 aliphatic heterocycles. The van der Waals surface area contributed by atoms with Crippen LogP contribution < -0.4 is 5.32 Å². The molecule has 1 atom stereocenters. The van der Waals surface area contributed by atoms with Crippen LogP contribution in [0.3, 0.4) is 0 Å². The normalized spacial score (nSPS) is 19.4. The van der Waals surface area contributed by atoms with Gasteiger partial charge in [-0.25, -0.2) is 4.79 Å². The van der Waals surface area contributed by atoms with Crippen molar-refractivity contribution in [2.75, 3.05) is 79.4 Å². The zero-order valence-corrected chi connectivity index (χ0v) is 20.4. The third kappa shape index (κ3) is 8.88. The number of carbonyl (C=O) groups is 3. The number of hydrogen-bond donors (Lipinski definition) is 2. The molecule has 3 rings (SSSR count). The maximum atomic E-state index is 12.0. The molecular weight excluding hydrogens is 458 g/mol. The Bertz CT molecular complexity index is 825. The third-order valence-corrected chi connectivity index (χ3v) is 6.33. The fourth-order valence-electron chi connectivity index (χ4n) is 4.22. The third-order valence-electron chi connectivity index (χ3n) is 6.33. The summed E-state index contributed by atoms with van der Waals surface area (Å²) in [4.78, 5) is 38.4. The number of aromatic nitrogens is 2. The summed E-state index contributed by atoms with van der Waals surface area (Å²) >= 11 is 0. The Morgan fingerprint density at radius 1 is 1.09 bits per heavy atom. The molecule has 0 aromatic carbocycles. The molecule has 12 heteroatoms. The zero-order chi connectivity index (χ0) is 25.0. The van der Waals surface area contributed by atoms with E-state index in [0.717, 1.165) is 32.5 Å². The van der Waals surface area contributed by atoms with E-state index in [4.69, 9.17) is 19.3 Å². The van der Waals surface area contributed by atoms with Crippen LogP contribution in [0, 0.1) is 5.92 Å². The van der Waals surface area contributed by atoms with Crippen LogP contribution in [0.15, 0.2) is 12.4 Å². The van der Waals surface area contributed by atoms with Crippen LogP contribution in [0.5, 0.6) is 0 Å². The fourth-order valence-corrected chi connectivity index (χ4v) is 4.22. The van der Waals surface area contributed by atoms with E-state index in [0.29, 0.717) is 52.7 Å². The SMILES string of the molecule is CN1CC(C(=O)NCCOCCOCCOCCN2CCC(n3cc(C(=O)O)cn3)CC2)CC1=O. The highest BCUT2D eigenvalue weighted by Crippen LogP contribution is 2.22. The van der Waals surface area contributed by atoms with E-state index in [1.54, 1.807) is 22.8 Å². The van der Waals surface area contributed by atoms with Crippen LogP contribution in [-0.2, 0) is 23.8 Å². The summed E-state index contributed by atoms with van der Waals surface area (Å²) in [5.41, 5.74) is 0.227. The first-order valence-corrected chi connectivity index (χ1v) is 12.2. The van der Waals surface area contributed by atoms with Crippen molar-refractivity contribution in [3.05, 3.63) is 18.0 Å². The molecule has 196 valence electrons. The second kappa shape index (κ2) is 14.1. The van der Waals surface area contributed by atoms with Gasteiger partial charge in [-0.3, -0.25) is 14.3 Å². The lowest BCUT2D eigenvalue weighted by Gasteiger charge is -2.31. The van der Waals surface area contributed by atoms with Gasteiger partial charge in [0.05, 0.1) is 63.4 Å². The Labute approximate surface area is 205 Å². The van der Waals surface area contributed by atoms with Crippen LogP contribution in [-0.4, -0.2) is 122 Å². The summed E-state index contributed by atoms with van der Waals surface area (Å²) in [5, 5.41) is 16.0. The van der Waals surface area contributed by atoms with Gasteiger partial charge in [0.15, 0.2) is 0 Å². The van der Waals surface area contributed by atoms with Gasteiger partial charge in [0.1, 0.15) is 0 Å². The molecule has 0 aliphatic carbocycles. The lowest BCUT2D eigenvalue weighted by Crippen LogP contribution is -2.37. The van der Waals surface area contributed by atoms with Gasteiger partial charge in [0.25, 0.3) is 0 Å². The standard InChI is InChI=1S/C23H37N5O7/c1-26-16-18(14-21(26)29)22(30)24-4-8-33-10-12-35-13-11-34-9-7-27-5-2-20(3-6-27)28-17-19(15-25-28)23(31)32/h15,17-18,20H,2-14,16H2,1H3,(H,24,30)(H,31,32). The Balaban J connectivity index is 1.09. The molecule has 2 aliphatic rings. The second-order valence-corrected chi connectivity index (χ2v) is 8.89. The maximum absolute atomic E-state index is 12.0. The van der Waals surface area contributed by atoms with Gasteiger partial charge in [-0.2, -0.15) is 5.10 Å². The van der Waals surface area contributed by atoms with E-state index in [9.17, 15) is 14.4 Å². The molecule has 2 saturated heterocycles. The van der Waals surface area contributed by atoms with E-state index in [2.05, 4.69) is 15.3 Å². The van der Waals surface area contributed by atoms with E-state index < -0.39 is 5.97 Å². The Kier molecular flexibility index (Phi) is 10.9. The topological polar surface area (TPSA) is 135 Å². The highest BCUT2D eigenvalue weighted by molar-refractivity contribution is 5.89. The van der Waals surface area contributed by atoms with E-state index in [1.165, 1.54) is 6.20 Å². The maximum Gasteiger partial charge on any atom is 0.338 e. The summed E-state index contributed by atoms with van der Waals surface area (Å²) in [7, 11) is 1.71. The van der Waals surface area contributed by atoms with Crippen molar-refractivity contribution in [3.63, 3.8) is 0 Å². The summed E-state index contributed by atoms with van der Waals surface area (Å²) in [6, 6.07) is 0.243. The molecular formula is C23H37N5O7. The quantitative estimate of drug-likeness (QED) is 0.319. The number of rotatable bonds is 15. The first-order chi connectivity index (χ1) is 16.9. The molecule has 0 radical (unpaired) electrons. The lowest BCUT2D eigenvalue weighted by atomic mass is 10.1. The Morgan fingerprint density at radius 3 is 2.34 bits per heavy atom. The molecule has 3 heterocycles. The number of likely N-dealkylation sites (tertiary alicyclic amines) is 2. The minimum Gasteiger partial charge on any atom is -0.478 e. The van der Waals surface area contributed by atoms with E-state index in [1.807, 2.05) is 0 Å². The van der Waals surface area contributed by atoms with Crippen LogP contribution in [0.4, 0.5) is 0 Å². The number of carboxylic acid groups (broad SMARTS) is 1. The summed E-state index contributed by atoms with van der Waals surface area (Å²) in [5.74, 6) is -1.31. The molecule has 0 spiro atoms. The van der Waals surface area contributed by atoms with Gasteiger partial charge >= 0.3 is 5.97 Å². The Hall–Kier alpha value is -2.54. The largest absolute Gasteiger partial charge is 0.478 e. The van der Waals surface area contributed by atoms with Crippen molar-refractivity contribution in [1.29, 1.82) is 0 Å². The van der Waals surface area contributed by atoms with Crippen molar-refractivity contribution in [3.8, 4) is 0 Å². The molecule has 2 amide bonds. The number of nitrogens with one attached hydrogen (secondary N) is 1. The number of nitrogens with zero attached hydrogens (tertiary/aromatic N) is 4. The van der Waals surface area contributed by atoms with Crippen LogP contribution in [0.1, 0.15) is 35.7 Å². The van der Waals surface area contributed by atoms with Crippen molar-refractivity contribution in [2.45, 2.75) is 25.3 Å². The smallest absolute Gasteiger partial charge is 0.338 e. The molecule has 12 nitrogen and oxygen atoms in total. The summed E-state index contributed by atoms with van der Waals surface area (Å²) in [6.07, 6.45) is 5.16. The van der Waals surface area contributed by atoms with Gasteiger partial charge in [-0.05, 0) is 12.8 Å². The number of hydrogen-bond acceptors (Lipinski definition) is 8. The number of carbonyl (C=O) groups excluding carboxylic acids is 2. The molecule has 1 aromatic heterocycles. The average Bonchev–Trinajstić information content (AvgIpc) is 3.47.